The molecule has 1 saturated carbocycles. The van der Waals surface area contributed by atoms with Crippen LogP contribution in [0.5, 0.6) is 0 Å². The molecular weight excluding hydrogens is 210 g/mol. The van der Waals surface area contributed by atoms with Crippen molar-refractivity contribution in [2.24, 2.45) is 0 Å². The summed E-state index contributed by atoms with van der Waals surface area (Å²) in [5.74, 6) is 0.325. The van der Waals surface area contributed by atoms with Gasteiger partial charge < -0.3 is 4.90 Å². The van der Waals surface area contributed by atoms with Crippen molar-refractivity contribution in [3.63, 3.8) is 0 Å². The zero-order valence-electron chi connectivity index (χ0n) is 10.4. The van der Waals surface area contributed by atoms with Crippen LogP contribution in [-0.4, -0.2) is 18.9 Å². The lowest BCUT2D eigenvalue weighted by Gasteiger charge is -2.19. The van der Waals surface area contributed by atoms with Gasteiger partial charge in [0.25, 0.3) is 0 Å². The number of carbonyl (C=O) groups excluding carboxylic acids is 1. The Hall–Kier alpha value is -1.31. The molecule has 0 spiro atoms. The number of Topliss-reactive ketones (excluding diaryl/α,β-unsaturated/α-hetero) is 1. The third kappa shape index (κ3) is 1.76. The number of hydrogen-bond acceptors (Lipinski definition) is 2. The summed E-state index contributed by atoms with van der Waals surface area (Å²) in [5, 5.41) is 0. The Balaban J connectivity index is 1.83. The van der Waals surface area contributed by atoms with Gasteiger partial charge in [0.05, 0.1) is 5.41 Å². The van der Waals surface area contributed by atoms with Crippen molar-refractivity contribution in [1.29, 1.82) is 0 Å². The van der Waals surface area contributed by atoms with Crippen LogP contribution in [0.3, 0.4) is 0 Å². The lowest BCUT2D eigenvalue weighted by atomic mass is 9.92. The second-order valence-electron chi connectivity index (χ2n) is 5.38. The molecule has 17 heavy (non-hydrogen) atoms. The Morgan fingerprint density at radius 2 is 1.71 bits per heavy atom. The highest BCUT2D eigenvalue weighted by atomic mass is 16.1. The summed E-state index contributed by atoms with van der Waals surface area (Å²) in [6, 6.07) is 8.68. The van der Waals surface area contributed by atoms with Gasteiger partial charge >= 0.3 is 0 Å². The van der Waals surface area contributed by atoms with Gasteiger partial charge in [0, 0.05) is 18.8 Å². The molecule has 1 heterocycles. The third-order valence-corrected chi connectivity index (χ3v) is 4.32. The molecule has 2 fully saturated rings. The van der Waals surface area contributed by atoms with E-state index in [2.05, 4.69) is 29.2 Å². The minimum absolute atomic E-state index is 0.121. The van der Waals surface area contributed by atoms with Gasteiger partial charge in [-0.2, -0.15) is 0 Å². The van der Waals surface area contributed by atoms with Crippen LogP contribution in [-0.2, 0) is 10.2 Å². The Bertz CT molecular complexity index is 425. The van der Waals surface area contributed by atoms with E-state index in [1.54, 1.807) is 6.92 Å². The molecule has 1 saturated heterocycles. The number of nitrogens with zero attached hydrogens (tertiary/aromatic N) is 1. The van der Waals surface area contributed by atoms with Crippen molar-refractivity contribution in [1.82, 2.24) is 0 Å². The molecule has 2 aliphatic rings. The van der Waals surface area contributed by atoms with E-state index in [4.69, 9.17) is 0 Å². The highest BCUT2D eigenvalue weighted by molar-refractivity contribution is 5.91. The topological polar surface area (TPSA) is 20.3 Å². The zero-order chi connectivity index (χ0) is 11.9. The smallest absolute Gasteiger partial charge is 0.140 e. The third-order valence-electron chi connectivity index (χ3n) is 4.32. The average Bonchev–Trinajstić information content (AvgIpc) is 2.98. The molecule has 0 atom stereocenters. The van der Waals surface area contributed by atoms with Gasteiger partial charge in [-0.3, -0.25) is 4.79 Å². The Labute approximate surface area is 103 Å². The van der Waals surface area contributed by atoms with Crippen LogP contribution >= 0.6 is 0 Å². The van der Waals surface area contributed by atoms with Crippen LogP contribution in [0.25, 0.3) is 0 Å². The van der Waals surface area contributed by atoms with Gasteiger partial charge in [0.15, 0.2) is 0 Å². The van der Waals surface area contributed by atoms with Crippen molar-refractivity contribution in [3.05, 3.63) is 29.8 Å². The first kappa shape index (κ1) is 10.8. The van der Waals surface area contributed by atoms with E-state index in [1.807, 2.05) is 0 Å². The number of ketones is 1. The molecule has 1 aromatic rings. The number of rotatable bonds is 3. The maximum absolute atomic E-state index is 11.7. The molecule has 0 radical (unpaired) electrons. The lowest BCUT2D eigenvalue weighted by Crippen LogP contribution is -2.19. The molecule has 90 valence electrons. The molecule has 2 nitrogen and oxygen atoms in total. The van der Waals surface area contributed by atoms with Crippen LogP contribution < -0.4 is 4.90 Å². The van der Waals surface area contributed by atoms with Crippen molar-refractivity contribution in [2.45, 2.75) is 38.0 Å². The maximum atomic E-state index is 11.7. The summed E-state index contributed by atoms with van der Waals surface area (Å²) in [6.45, 7) is 4.08. The molecule has 0 N–H and O–H groups in total. The molecule has 1 aliphatic carbocycles. The number of anilines is 1. The van der Waals surface area contributed by atoms with Gasteiger partial charge in [-0.25, -0.2) is 0 Å². The minimum Gasteiger partial charge on any atom is -0.372 e. The average molecular weight is 229 g/mol. The summed E-state index contributed by atoms with van der Waals surface area (Å²) in [4.78, 5) is 14.1. The summed E-state index contributed by atoms with van der Waals surface area (Å²) in [7, 11) is 0. The fourth-order valence-electron chi connectivity index (χ4n) is 2.94. The highest BCUT2D eigenvalue weighted by Crippen LogP contribution is 2.49. The van der Waals surface area contributed by atoms with E-state index in [-0.39, 0.29) is 5.41 Å². The van der Waals surface area contributed by atoms with Crippen LogP contribution in [0.2, 0.25) is 0 Å². The maximum Gasteiger partial charge on any atom is 0.140 e. The summed E-state index contributed by atoms with van der Waals surface area (Å²) >= 11 is 0. The van der Waals surface area contributed by atoms with Gasteiger partial charge in [0.2, 0.25) is 0 Å². The number of benzene rings is 1. The molecular formula is C15H19NO. The largest absolute Gasteiger partial charge is 0.372 e. The van der Waals surface area contributed by atoms with E-state index >= 15 is 0 Å². The molecule has 1 aliphatic heterocycles. The first-order valence-electron chi connectivity index (χ1n) is 6.59. The summed E-state index contributed by atoms with van der Waals surface area (Å²) < 4.78 is 0. The van der Waals surface area contributed by atoms with Crippen LogP contribution in [0, 0.1) is 0 Å². The lowest BCUT2D eigenvalue weighted by molar-refractivity contribution is -0.119. The van der Waals surface area contributed by atoms with E-state index in [0.717, 1.165) is 12.8 Å². The Morgan fingerprint density at radius 1 is 1.12 bits per heavy atom. The SMILES string of the molecule is CC(=O)C1(c2ccc(N3CCCC3)cc2)CC1. The Kier molecular flexibility index (Phi) is 2.46. The normalized spacial score (nSPS) is 21.6. The standard InChI is InChI=1S/C15H19NO/c1-12(17)15(8-9-15)13-4-6-14(7-5-13)16-10-2-3-11-16/h4-7H,2-3,8-11H2,1H3. The predicted molar refractivity (Wildman–Crippen MR) is 69.5 cm³/mol. The fraction of sp³-hybridized carbons (Fsp3) is 0.533. The summed E-state index contributed by atoms with van der Waals surface area (Å²) in [6.07, 6.45) is 4.68. The molecule has 0 amide bonds. The van der Waals surface area contributed by atoms with Crippen molar-refractivity contribution < 1.29 is 4.79 Å². The zero-order valence-corrected chi connectivity index (χ0v) is 10.4. The van der Waals surface area contributed by atoms with E-state index in [1.165, 1.54) is 37.2 Å². The van der Waals surface area contributed by atoms with Crippen LogP contribution in [0.4, 0.5) is 5.69 Å². The van der Waals surface area contributed by atoms with E-state index < -0.39 is 0 Å². The molecule has 0 unspecified atom stereocenters. The molecule has 3 rings (SSSR count). The van der Waals surface area contributed by atoms with Crippen molar-refractivity contribution in [2.75, 3.05) is 18.0 Å². The second kappa shape index (κ2) is 3.86. The molecule has 2 heteroatoms. The van der Waals surface area contributed by atoms with Crippen LogP contribution in [0.1, 0.15) is 38.2 Å². The monoisotopic (exact) mass is 229 g/mol. The van der Waals surface area contributed by atoms with Crippen LogP contribution in [0.15, 0.2) is 24.3 Å². The fourth-order valence-corrected chi connectivity index (χ4v) is 2.94. The summed E-state index contributed by atoms with van der Waals surface area (Å²) in [5.41, 5.74) is 2.40. The van der Waals surface area contributed by atoms with E-state index in [9.17, 15) is 4.79 Å². The predicted octanol–water partition coefficient (Wildman–Crippen LogP) is 2.91. The van der Waals surface area contributed by atoms with Gasteiger partial charge in [-0.05, 0) is 50.3 Å². The van der Waals surface area contributed by atoms with Gasteiger partial charge in [-0.15, -0.1) is 0 Å². The number of carbonyl (C=O) groups is 1. The van der Waals surface area contributed by atoms with Crippen molar-refractivity contribution >= 4 is 11.5 Å². The molecule has 0 bridgehead atoms. The van der Waals surface area contributed by atoms with Gasteiger partial charge in [-0.1, -0.05) is 12.1 Å². The molecule has 1 aromatic carbocycles. The first-order chi connectivity index (χ1) is 8.22. The number of hydrogen-bond donors (Lipinski definition) is 0. The highest BCUT2D eigenvalue weighted by Gasteiger charge is 2.48. The first-order valence-corrected chi connectivity index (χ1v) is 6.59. The second-order valence-corrected chi connectivity index (χ2v) is 5.38. The van der Waals surface area contributed by atoms with Gasteiger partial charge in [0.1, 0.15) is 5.78 Å². The Morgan fingerprint density at radius 3 is 2.18 bits per heavy atom. The minimum atomic E-state index is -0.121. The molecule has 0 aromatic heterocycles. The quantitative estimate of drug-likeness (QED) is 0.794. The van der Waals surface area contributed by atoms with E-state index in [0.29, 0.717) is 5.78 Å². The van der Waals surface area contributed by atoms with Crippen molar-refractivity contribution in [3.8, 4) is 0 Å².